The van der Waals surface area contributed by atoms with Crippen molar-refractivity contribution in [3.8, 4) is 0 Å². The van der Waals surface area contributed by atoms with Gasteiger partial charge >= 0.3 is 0 Å². The smallest absolute Gasteiger partial charge is 0.269 e. The second kappa shape index (κ2) is 9.68. The van der Waals surface area contributed by atoms with Crippen LogP contribution in [0.4, 0.5) is 11.5 Å². The highest BCUT2D eigenvalue weighted by molar-refractivity contribution is 5.91. The lowest BCUT2D eigenvalue weighted by molar-refractivity contribution is -0.384. The van der Waals surface area contributed by atoms with E-state index >= 15 is 0 Å². The Labute approximate surface area is 182 Å². The predicted molar refractivity (Wildman–Crippen MR) is 121 cm³/mol. The van der Waals surface area contributed by atoms with Crippen LogP contribution in [0.5, 0.6) is 0 Å². The molecule has 164 valence electrons. The van der Waals surface area contributed by atoms with Gasteiger partial charge in [0.2, 0.25) is 5.91 Å². The fourth-order valence-electron chi connectivity index (χ4n) is 3.95. The highest BCUT2D eigenvalue weighted by Crippen LogP contribution is 2.29. The number of nitrogens with zero attached hydrogens (tertiary/aromatic N) is 5. The molecular weight excluding hydrogens is 394 g/mol. The first kappa shape index (κ1) is 22.4. The van der Waals surface area contributed by atoms with Crippen molar-refractivity contribution in [3.05, 3.63) is 63.1 Å². The van der Waals surface area contributed by atoms with Crippen LogP contribution in [0, 0.1) is 24.0 Å². The largest absolute Gasteiger partial charge is 0.354 e. The molecule has 1 aliphatic rings. The molecule has 0 radical (unpaired) electrons. The lowest BCUT2D eigenvalue weighted by Crippen LogP contribution is -2.35. The average Bonchev–Trinajstić information content (AvgIpc) is 2.97. The minimum atomic E-state index is -0.438. The van der Waals surface area contributed by atoms with E-state index in [9.17, 15) is 14.9 Å². The van der Waals surface area contributed by atoms with Gasteiger partial charge < -0.3 is 9.80 Å². The molecule has 0 bridgehead atoms. The molecule has 0 unspecified atom stereocenters. The Kier molecular flexibility index (Phi) is 6.99. The van der Waals surface area contributed by atoms with Gasteiger partial charge in [-0.15, -0.1) is 0 Å². The van der Waals surface area contributed by atoms with Crippen LogP contribution in [0.2, 0.25) is 0 Å². The van der Waals surface area contributed by atoms with Gasteiger partial charge in [-0.25, -0.2) is 9.97 Å². The van der Waals surface area contributed by atoms with Crippen LogP contribution in [-0.4, -0.2) is 51.9 Å². The van der Waals surface area contributed by atoms with Crippen LogP contribution in [0.15, 0.2) is 30.3 Å². The van der Waals surface area contributed by atoms with Crippen LogP contribution < -0.4 is 4.90 Å². The molecule has 1 aromatic carbocycles. The third-order valence-electron chi connectivity index (χ3n) is 5.43. The minimum Gasteiger partial charge on any atom is -0.354 e. The zero-order valence-corrected chi connectivity index (χ0v) is 18.5. The van der Waals surface area contributed by atoms with E-state index in [4.69, 9.17) is 4.98 Å². The van der Waals surface area contributed by atoms with E-state index < -0.39 is 4.92 Å². The standard InChI is InChI=1S/C23H29N5O3/c1-16(2)22-17(3)24-18(4)25-23(22)27-13-5-12-26(14-15-27)21(29)11-8-19-6-9-20(10-7-19)28(30)31/h6-11,16H,5,12-15H2,1-4H3. The van der Waals surface area contributed by atoms with Crippen molar-refractivity contribution < 1.29 is 9.72 Å². The normalized spacial score (nSPS) is 14.9. The molecular formula is C23H29N5O3. The fraction of sp³-hybridized carbons (Fsp3) is 0.435. The molecule has 0 aliphatic carbocycles. The van der Waals surface area contributed by atoms with E-state index in [1.165, 1.54) is 23.8 Å². The van der Waals surface area contributed by atoms with Gasteiger partial charge in [0.05, 0.1) is 4.92 Å². The summed E-state index contributed by atoms with van der Waals surface area (Å²) in [4.78, 5) is 36.4. The highest BCUT2D eigenvalue weighted by Gasteiger charge is 2.23. The van der Waals surface area contributed by atoms with E-state index in [-0.39, 0.29) is 11.6 Å². The number of amides is 1. The summed E-state index contributed by atoms with van der Waals surface area (Å²) in [6.45, 7) is 11.1. The maximum Gasteiger partial charge on any atom is 0.269 e. The zero-order valence-electron chi connectivity index (χ0n) is 18.5. The van der Waals surface area contributed by atoms with Crippen molar-refractivity contribution in [2.75, 3.05) is 31.1 Å². The first-order valence-corrected chi connectivity index (χ1v) is 10.6. The van der Waals surface area contributed by atoms with E-state index in [2.05, 4.69) is 23.7 Å². The summed E-state index contributed by atoms with van der Waals surface area (Å²) in [5.41, 5.74) is 2.97. The summed E-state index contributed by atoms with van der Waals surface area (Å²) in [5, 5.41) is 10.8. The molecule has 8 heteroatoms. The van der Waals surface area contributed by atoms with Gasteiger partial charge in [0, 0.05) is 55.6 Å². The van der Waals surface area contributed by atoms with Crippen LogP contribution in [0.25, 0.3) is 6.08 Å². The minimum absolute atomic E-state index is 0.0343. The molecule has 1 aliphatic heterocycles. The number of aryl methyl sites for hydroxylation is 2. The quantitative estimate of drug-likeness (QED) is 0.412. The first-order valence-electron chi connectivity index (χ1n) is 10.6. The van der Waals surface area contributed by atoms with Gasteiger partial charge in [-0.3, -0.25) is 14.9 Å². The summed E-state index contributed by atoms with van der Waals surface area (Å²) < 4.78 is 0. The van der Waals surface area contributed by atoms with Crippen molar-refractivity contribution in [2.45, 2.75) is 40.0 Å². The number of rotatable bonds is 5. The van der Waals surface area contributed by atoms with Gasteiger partial charge in [0.25, 0.3) is 5.69 Å². The van der Waals surface area contributed by atoms with Crippen molar-refractivity contribution in [1.82, 2.24) is 14.9 Å². The number of anilines is 1. The third-order valence-corrected chi connectivity index (χ3v) is 5.43. The highest BCUT2D eigenvalue weighted by atomic mass is 16.6. The Balaban J connectivity index is 1.69. The van der Waals surface area contributed by atoms with E-state index in [0.717, 1.165) is 35.9 Å². The molecule has 0 atom stereocenters. The number of hydrogen-bond acceptors (Lipinski definition) is 6. The number of carbonyl (C=O) groups is 1. The summed E-state index contributed by atoms with van der Waals surface area (Å²) in [6, 6.07) is 6.15. The molecule has 1 aromatic heterocycles. The third kappa shape index (κ3) is 5.45. The number of aromatic nitrogens is 2. The lowest BCUT2D eigenvalue weighted by atomic mass is 10.0. The molecule has 0 saturated carbocycles. The topological polar surface area (TPSA) is 92.5 Å². The van der Waals surface area contributed by atoms with E-state index in [1.807, 2.05) is 18.7 Å². The fourth-order valence-corrected chi connectivity index (χ4v) is 3.95. The maximum atomic E-state index is 12.7. The van der Waals surface area contributed by atoms with E-state index in [0.29, 0.717) is 25.6 Å². The van der Waals surface area contributed by atoms with Gasteiger partial charge in [-0.2, -0.15) is 0 Å². The molecule has 0 N–H and O–H groups in total. The molecule has 31 heavy (non-hydrogen) atoms. The van der Waals surface area contributed by atoms with Crippen molar-refractivity contribution in [2.24, 2.45) is 0 Å². The Morgan fingerprint density at radius 3 is 2.45 bits per heavy atom. The number of non-ortho nitro benzene ring substituents is 1. The summed E-state index contributed by atoms with van der Waals surface area (Å²) in [5.74, 6) is 2.01. The van der Waals surface area contributed by atoms with Gasteiger partial charge in [0.1, 0.15) is 11.6 Å². The average molecular weight is 424 g/mol. The monoisotopic (exact) mass is 423 g/mol. The molecule has 1 fully saturated rings. The maximum absolute atomic E-state index is 12.7. The number of nitro groups is 1. The first-order chi connectivity index (χ1) is 14.8. The molecule has 2 heterocycles. The van der Waals surface area contributed by atoms with Crippen molar-refractivity contribution in [3.63, 3.8) is 0 Å². The summed E-state index contributed by atoms with van der Waals surface area (Å²) >= 11 is 0. The molecule has 1 amide bonds. The number of hydrogen-bond donors (Lipinski definition) is 0. The molecule has 2 aromatic rings. The second-order valence-electron chi connectivity index (χ2n) is 8.10. The van der Waals surface area contributed by atoms with Crippen LogP contribution in [0.1, 0.15) is 48.8 Å². The number of nitro benzene ring substituents is 1. The number of carbonyl (C=O) groups excluding carboxylic acids is 1. The van der Waals surface area contributed by atoms with E-state index in [1.54, 1.807) is 18.2 Å². The molecule has 1 saturated heterocycles. The zero-order chi connectivity index (χ0) is 22.5. The predicted octanol–water partition coefficient (Wildman–Crippen LogP) is 3.88. The Morgan fingerprint density at radius 1 is 1.10 bits per heavy atom. The van der Waals surface area contributed by atoms with Crippen LogP contribution in [0.3, 0.4) is 0 Å². The summed E-state index contributed by atoms with van der Waals surface area (Å²) in [6.07, 6.45) is 4.09. The lowest BCUT2D eigenvalue weighted by Gasteiger charge is -2.27. The SMILES string of the molecule is Cc1nc(C)c(C(C)C)c(N2CCCN(C(=O)C=Cc3ccc([N+](=O)[O-])cc3)CC2)n1. The second-order valence-corrected chi connectivity index (χ2v) is 8.10. The molecule has 8 nitrogen and oxygen atoms in total. The Bertz CT molecular complexity index is 985. The van der Waals surface area contributed by atoms with Crippen molar-refractivity contribution >= 4 is 23.5 Å². The Hall–Kier alpha value is -3.29. The van der Waals surface area contributed by atoms with Gasteiger partial charge in [-0.1, -0.05) is 13.8 Å². The van der Waals surface area contributed by atoms with Crippen LogP contribution in [-0.2, 0) is 4.79 Å². The van der Waals surface area contributed by atoms with Gasteiger partial charge in [0.15, 0.2) is 0 Å². The summed E-state index contributed by atoms with van der Waals surface area (Å²) in [7, 11) is 0. The van der Waals surface area contributed by atoms with Crippen molar-refractivity contribution in [1.29, 1.82) is 0 Å². The molecule has 3 rings (SSSR count). The van der Waals surface area contributed by atoms with Gasteiger partial charge in [-0.05, 0) is 50.0 Å². The number of benzene rings is 1. The molecule has 0 spiro atoms. The van der Waals surface area contributed by atoms with Crippen LogP contribution >= 0.6 is 0 Å². The Morgan fingerprint density at radius 2 is 1.81 bits per heavy atom.